The lowest BCUT2D eigenvalue weighted by atomic mass is 9.90. The Morgan fingerprint density at radius 3 is 2.67 bits per heavy atom. The molecule has 0 heterocycles. The molecular weight excluding hydrogens is 248 g/mol. The van der Waals surface area contributed by atoms with Crippen molar-refractivity contribution >= 4 is 17.4 Å². The van der Waals surface area contributed by atoms with Crippen LogP contribution >= 0.6 is 11.6 Å². The summed E-state index contributed by atoms with van der Waals surface area (Å²) in [6.45, 7) is 0.735. The summed E-state index contributed by atoms with van der Waals surface area (Å²) in [5.74, 6) is 1.37. The van der Waals surface area contributed by atoms with E-state index in [0.29, 0.717) is 22.3 Å². The molecule has 0 saturated heterocycles. The summed E-state index contributed by atoms with van der Waals surface area (Å²) in [6.07, 6.45) is 6.48. The Balaban J connectivity index is 1.94. The van der Waals surface area contributed by atoms with E-state index in [0.717, 1.165) is 6.61 Å². The van der Waals surface area contributed by atoms with Crippen molar-refractivity contribution < 1.29 is 4.74 Å². The summed E-state index contributed by atoms with van der Waals surface area (Å²) in [5, 5.41) is 7.87. The first-order chi connectivity index (χ1) is 8.66. The molecule has 18 heavy (non-hydrogen) atoms. The number of hydrogen-bond donors (Lipinski definition) is 2. The van der Waals surface area contributed by atoms with Gasteiger partial charge in [0.1, 0.15) is 11.6 Å². The number of ether oxygens (including phenoxy) is 1. The van der Waals surface area contributed by atoms with E-state index in [4.69, 9.17) is 27.5 Å². The van der Waals surface area contributed by atoms with Crippen LogP contribution < -0.4 is 10.5 Å². The average molecular weight is 267 g/mol. The highest BCUT2D eigenvalue weighted by atomic mass is 35.5. The molecular formula is C14H19ClN2O. The average Bonchev–Trinajstić information content (AvgIpc) is 2.38. The van der Waals surface area contributed by atoms with E-state index in [1.54, 1.807) is 18.2 Å². The van der Waals surface area contributed by atoms with Crippen molar-refractivity contribution in [1.29, 1.82) is 5.41 Å². The number of nitrogens with two attached hydrogens (primary N) is 1. The van der Waals surface area contributed by atoms with Crippen LogP contribution in [0.15, 0.2) is 18.2 Å². The van der Waals surface area contributed by atoms with Crippen LogP contribution in [0.1, 0.15) is 37.7 Å². The molecule has 98 valence electrons. The summed E-state index contributed by atoms with van der Waals surface area (Å²) >= 11 is 6.11. The molecule has 3 N–H and O–H groups in total. The van der Waals surface area contributed by atoms with Crippen LogP contribution in [0, 0.1) is 11.3 Å². The molecule has 0 atom stereocenters. The van der Waals surface area contributed by atoms with Gasteiger partial charge in [0, 0.05) is 5.56 Å². The van der Waals surface area contributed by atoms with Gasteiger partial charge in [0.05, 0.1) is 11.6 Å². The summed E-state index contributed by atoms with van der Waals surface area (Å²) in [5.41, 5.74) is 6.04. The number of halogens is 1. The van der Waals surface area contributed by atoms with Crippen LogP contribution in [-0.4, -0.2) is 12.4 Å². The van der Waals surface area contributed by atoms with Crippen LogP contribution in [0.5, 0.6) is 5.75 Å². The molecule has 1 aromatic carbocycles. The van der Waals surface area contributed by atoms with E-state index in [1.165, 1.54) is 32.1 Å². The predicted octanol–water partition coefficient (Wildman–Crippen LogP) is 3.58. The van der Waals surface area contributed by atoms with Crippen LogP contribution in [0.3, 0.4) is 0 Å². The first-order valence-electron chi connectivity index (χ1n) is 6.43. The SMILES string of the molecule is N=C(N)c1ccc(OCC2CCCCC2)c(Cl)c1. The van der Waals surface area contributed by atoms with E-state index in [1.807, 2.05) is 0 Å². The number of amidine groups is 1. The van der Waals surface area contributed by atoms with Crippen LogP contribution in [0.4, 0.5) is 0 Å². The minimum absolute atomic E-state index is 0.0238. The highest BCUT2D eigenvalue weighted by Gasteiger charge is 2.14. The standard InChI is InChI=1S/C14H19ClN2O/c15-12-8-11(14(16)17)6-7-13(12)18-9-10-4-2-1-3-5-10/h6-8,10H,1-5,9H2,(H3,16,17). The van der Waals surface area contributed by atoms with Crippen molar-refractivity contribution in [2.45, 2.75) is 32.1 Å². The minimum Gasteiger partial charge on any atom is -0.492 e. The van der Waals surface area contributed by atoms with Crippen LogP contribution in [0.25, 0.3) is 0 Å². The lowest BCUT2D eigenvalue weighted by molar-refractivity contribution is 0.209. The van der Waals surface area contributed by atoms with Crippen molar-refractivity contribution in [2.75, 3.05) is 6.61 Å². The van der Waals surface area contributed by atoms with E-state index < -0.39 is 0 Å². The Hall–Kier alpha value is -1.22. The molecule has 1 aliphatic rings. The van der Waals surface area contributed by atoms with Crippen LogP contribution in [0.2, 0.25) is 5.02 Å². The summed E-state index contributed by atoms with van der Waals surface area (Å²) in [6, 6.07) is 5.24. The van der Waals surface area contributed by atoms with E-state index in [9.17, 15) is 0 Å². The molecule has 1 fully saturated rings. The third-order valence-electron chi connectivity index (χ3n) is 3.44. The predicted molar refractivity (Wildman–Crippen MR) is 74.5 cm³/mol. The smallest absolute Gasteiger partial charge is 0.137 e. The second-order valence-corrected chi connectivity index (χ2v) is 5.28. The van der Waals surface area contributed by atoms with E-state index in [-0.39, 0.29) is 5.84 Å². The van der Waals surface area contributed by atoms with Gasteiger partial charge in [0.25, 0.3) is 0 Å². The topological polar surface area (TPSA) is 59.1 Å². The maximum atomic E-state index is 7.34. The van der Waals surface area contributed by atoms with Gasteiger partial charge in [0.15, 0.2) is 0 Å². The van der Waals surface area contributed by atoms with Crippen LogP contribution in [-0.2, 0) is 0 Å². The van der Waals surface area contributed by atoms with Crippen molar-refractivity contribution in [3.8, 4) is 5.75 Å². The van der Waals surface area contributed by atoms with Gasteiger partial charge in [0.2, 0.25) is 0 Å². The number of rotatable bonds is 4. The minimum atomic E-state index is 0.0238. The largest absolute Gasteiger partial charge is 0.492 e. The van der Waals surface area contributed by atoms with Gasteiger partial charge >= 0.3 is 0 Å². The zero-order valence-electron chi connectivity index (χ0n) is 10.4. The van der Waals surface area contributed by atoms with Gasteiger partial charge in [-0.25, -0.2) is 0 Å². The molecule has 4 heteroatoms. The second kappa shape index (κ2) is 6.10. The highest BCUT2D eigenvalue weighted by Crippen LogP contribution is 2.28. The summed E-state index contributed by atoms with van der Waals surface area (Å²) < 4.78 is 5.77. The van der Waals surface area contributed by atoms with Gasteiger partial charge in [-0.3, -0.25) is 5.41 Å². The Morgan fingerprint density at radius 1 is 1.33 bits per heavy atom. The quantitative estimate of drug-likeness (QED) is 0.646. The number of benzene rings is 1. The molecule has 1 saturated carbocycles. The lowest BCUT2D eigenvalue weighted by Crippen LogP contribution is -2.15. The highest BCUT2D eigenvalue weighted by molar-refractivity contribution is 6.32. The number of nitrogen functional groups attached to an aromatic ring is 1. The fraction of sp³-hybridized carbons (Fsp3) is 0.500. The first kappa shape index (κ1) is 13.2. The van der Waals surface area contributed by atoms with Gasteiger partial charge < -0.3 is 10.5 Å². The second-order valence-electron chi connectivity index (χ2n) is 4.87. The lowest BCUT2D eigenvalue weighted by Gasteiger charge is -2.22. The monoisotopic (exact) mass is 266 g/mol. The zero-order valence-corrected chi connectivity index (χ0v) is 11.2. The molecule has 2 rings (SSSR count). The van der Waals surface area contributed by atoms with Crippen molar-refractivity contribution in [3.63, 3.8) is 0 Å². The molecule has 3 nitrogen and oxygen atoms in total. The van der Waals surface area contributed by atoms with Gasteiger partial charge in [-0.05, 0) is 37.0 Å². The first-order valence-corrected chi connectivity index (χ1v) is 6.81. The van der Waals surface area contributed by atoms with Crippen molar-refractivity contribution in [3.05, 3.63) is 28.8 Å². The van der Waals surface area contributed by atoms with Crippen molar-refractivity contribution in [2.24, 2.45) is 11.7 Å². The Bertz CT molecular complexity index is 428. The Kier molecular flexibility index (Phi) is 4.48. The number of nitrogens with one attached hydrogen (secondary N) is 1. The maximum absolute atomic E-state index is 7.34. The molecule has 1 aromatic rings. The van der Waals surface area contributed by atoms with Gasteiger partial charge in [-0.2, -0.15) is 0 Å². The van der Waals surface area contributed by atoms with Gasteiger partial charge in [-0.15, -0.1) is 0 Å². The van der Waals surface area contributed by atoms with E-state index >= 15 is 0 Å². The van der Waals surface area contributed by atoms with E-state index in [2.05, 4.69) is 0 Å². The molecule has 0 bridgehead atoms. The molecule has 0 amide bonds. The summed E-state index contributed by atoms with van der Waals surface area (Å²) in [7, 11) is 0. The normalized spacial score (nSPS) is 16.5. The fourth-order valence-electron chi connectivity index (χ4n) is 2.35. The third-order valence-corrected chi connectivity index (χ3v) is 3.74. The molecule has 0 aliphatic heterocycles. The summed E-state index contributed by atoms with van der Waals surface area (Å²) in [4.78, 5) is 0. The zero-order chi connectivity index (χ0) is 13.0. The fourth-order valence-corrected chi connectivity index (χ4v) is 2.58. The molecule has 1 aliphatic carbocycles. The molecule has 0 aromatic heterocycles. The molecule has 0 spiro atoms. The van der Waals surface area contributed by atoms with Crippen molar-refractivity contribution in [1.82, 2.24) is 0 Å². The third kappa shape index (κ3) is 3.39. The Morgan fingerprint density at radius 2 is 2.06 bits per heavy atom. The van der Waals surface area contributed by atoms with Gasteiger partial charge in [-0.1, -0.05) is 30.9 Å². The molecule has 0 radical (unpaired) electrons. The Labute approximate surface area is 113 Å². The molecule has 0 unspecified atom stereocenters. The number of hydrogen-bond acceptors (Lipinski definition) is 2. The maximum Gasteiger partial charge on any atom is 0.137 e.